The Morgan fingerprint density at radius 1 is 1.53 bits per heavy atom. The molecule has 0 spiro atoms. The fourth-order valence-electron chi connectivity index (χ4n) is 2.34. The lowest BCUT2D eigenvalue weighted by Crippen LogP contribution is -2.26. The molecule has 1 atom stereocenters. The van der Waals surface area contributed by atoms with Gasteiger partial charge in [0.25, 0.3) is 0 Å². The smallest absolute Gasteiger partial charge is 0.148 e. The molecule has 2 rings (SSSR count). The van der Waals surface area contributed by atoms with E-state index in [9.17, 15) is 4.39 Å². The normalized spacial score (nSPS) is 19.9. The zero-order valence-electron chi connectivity index (χ0n) is 10.0. The predicted molar refractivity (Wildman–Crippen MR) is 70.3 cm³/mol. The third-order valence-corrected chi connectivity index (χ3v) is 3.53. The van der Waals surface area contributed by atoms with Gasteiger partial charge in [-0.2, -0.15) is 0 Å². The van der Waals surface area contributed by atoms with Crippen molar-refractivity contribution in [1.29, 1.82) is 0 Å². The van der Waals surface area contributed by atoms with Crippen LogP contribution in [-0.2, 0) is 0 Å². The van der Waals surface area contributed by atoms with E-state index in [-0.39, 0.29) is 5.82 Å². The van der Waals surface area contributed by atoms with Crippen LogP contribution >= 0.6 is 11.6 Å². The summed E-state index contributed by atoms with van der Waals surface area (Å²) in [5, 5.41) is 3.85. The Kier molecular flexibility index (Phi) is 4.24. The molecule has 1 aliphatic rings. The number of rotatable bonds is 4. The van der Waals surface area contributed by atoms with Crippen molar-refractivity contribution in [3.63, 3.8) is 0 Å². The highest BCUT2D eigenvalue weighted by Gasteiger charge is 2.25. The Labute approximate surface area is 107 Å². The highest BCUT2D eigenvalue weighted by atomic mass is 35.5. The van der Waals surface area contributed by atoms with Crippen molar-refractivity contribution in [3.8, 4) is 0 Å². The van der Waals surface area contributed by atoms with Crippen LogP contribution < -0.4 is 10.2 Å². The van der Waals surface area contributed by atoms with Crippen LogP contribution in [0.5, 0.6) is 0 Å². The Hall–Kier alpha value is -0.800. The van der Waals surface area contributed by atoms with Crippen molar-refractivity contribution in [2.75, 3.05) is 31.1 Å². The number of para-hydroxylation sites is 1. The van der Waals surface area contributed by atoms with Gasteiger partial charge in [0.15, 0.2) is 0 Å². The molecule has 0 saturated carbocycles. The molecule has 4 heteroatoms. The molecule has 0 bridgehead atoms. The van der Waals surface area contributed by atoms with Gasteiger partial charge in [-0.3, -0.25) is 0 Å². The largest absolute Gasteiger partial charge is 0.368 e. The van der Waals surface area contributed by atoms with Gasteiger partial charge < -0.3 is 10.2 Å². The summed E-state index contributed by atoms with van der Waals surface area (Å²) in [5.41, 5.74) is 0.563. The molecule has 2 nitrogen and oxygen atoms in total. The van der Waals surface area contributed by atoms with Crippen LogP contribution in [0, 0.1) is 11.7 Å². The monoisotopic (exact) mass is 256 g/mol. The van der Waals surface area contributed by atoms with Gasteiger partial charge in [0.05, 0.1) is 10.7 Å². The Bertz CT molecular complexity index is 363. The molecular weight excluding hydrogens is 239 g/mol. The fourth-order valence-corrected chi connectivity index (χ4v) is 2.62. The summed E-state index contributed by atoms with van der Waals surface area (Å²) in [7, 11) is 0. The number of benzene rings is 1. The standard InChI is InChI=1S/C13H18ClFN2/c1-2-16-8-10-6-7-17(9-10)13-11(14)4-3-5-12(13)15/h3-5,10,16H,2,6-9H2,1H3. The summed E-state index contributed by atoms with van der Waals surface area (Å²) in [6, 6.07) is 4.86. The van der Waals surface area contributed by atoms with Gasteiger partial charge in [-0.15, -0.1) is 0 Å². The minimum absolute atomic E-state index is 0.221. The first-order chi connectivity index (χ1) is 8.22. The molecule has 1 unspecified atom stereocenters. The second kappa shape index (κ2) is 5.69. The summed E-state index contributed by atoms with van der Waals surface area (Å²) < 4.78 is 13.7. The van der Waals surface area contributed by atoms with Crippen molar-refractivity contribution in [1.82, 2.24) is 5.32 Å². The van der Waals surface area contributed by atoms with Gasteiger partial charge in [-0.05, 0) is 37.6 Å². The Morgan fingerprint density at radius 3 is 3.06 bits per heavy atom. The zero-order valence-corrected chi connectivity index (χ0v) is 10.8. The third kappa shape index (κ3) is 2.90. The van der Waals surface area contributed by atoms with Crippen molar-refractivity contribution < 1.29 is 4.39 Å². The summed E-state index contributed by atoms with van der Waals surface area (Å²) >= 11 is 6.06. The number of anilines is 1. The van der Waals surface area contributed by atoms with E-state index >= 15 is 0 Å². The molecule has 1 heterocycles. The lowest BCUT2D eigenvalue weighted by Gasteiger charge is -2.20. The zero-order chi connectivity index (χ0) is 12.3. The highest BCUT2D eigenvalue weighted by molar-refractivity contribution is 6.33. The number of nitrogens with zero attached hydrogens (tertiary/aromatic N) is 1. The minimum atomic E-state index is -0.221. The van der Waals surface area contributed by atoms with Crippen LogP contribution in [0.15, 0.2) is 18.2 Å². The first kappa shape index (κ1) is 12.7. The first-order valence-corrected chi connectivity index (χ1v) is 6.49. The number of hydrogen-bond acceptors (Lipinski definition) is 2. The van der Waals surface area contributed by atoms with Crippen LogP contribution in [-0.4, -0.2) is 26.2 Å². The van der Waals surface area contributed by atoms with Gasteiger partial charge >= 0.3 is 0 Å². The van der Waals surface area contributed by atoms with E-state index in [4.69, 9.17) is 11.6 Å². The molecule has 0 amide bonds. The molecule has 94 valence electrons. The van der Waals surface area contributed by atoms with E-state index in [0.29, 0.717) is 16.6 Å². The maximum Gasteiger partial charge on any atom is 0.148 e. The predicted octanol–water partition coefficient (Wildman–Crippen LogP) is 2.91. The van der Waals surface area contributed by atoms with Crippen molar-refractivity contribution in [2.45, 2.75) is 13.3 Å². The van der Waals surface area contributed by atoms with Crippen LogP contribution in [0.3, 0.4) is 0 Å². The van der Waals surface area contributed by atoms with Crippen LogP contribution in [0.25, 0.3) is 0 Å². The lowest BCUT2D eigenvalue weighted by atomic mass is 10.1. The Morgan fingerprint density at radius 2 is 2.35 bits per heavy atom. The first-order valence-electron chi connectivity index (χ1n) is 6.12. The van der Waals surface area contributed by atoms with Gasteiger partial charge in [-0.25, -0.2) is 4.39 Å². The average molecular weight is 257 g/mol. The quantitative estimate of drug-likeness (QED) is 0.891. The van der Waals surface area contributed by atoms with Crippen molar-refractivity contribution >= 4 is 17.3 Å². The van der Waals surface area contributed by atoms with Gasteiger partial charge in [-0.1, -0.05) is 24.6 Å². The molecule has 1 saturated heterocycles. The average Bonchev–Trinajstić information content (AvgIpc) is 2.75. The molecule has 0 radical (unpaired) electrons. The molecule has 1 aromatic rings. The van der Waals surface area contributed by atoms with E-state index in [0.717, 1.165) is 32.6 Å². The summed E-state index contributed by atoms with van der Waals surface area (Å²) in [6.07, 6.45) is 1.09. The van der Waals surface area contributed by atoms with E-state index in [1.54, 1.807) is 12.1 Å². The molecular formula is C13H18ClFN2. The molecule has 17 heavy (non-hydrogen) atoms. The third-order valence-electron chi connectivity index (χ3n) is 3.22. The van der Waals surface area contributed by atoms with Gasteiger partial charge in [0.2, 0.25) is 0 Å². The SMILES string of the molecule is CCNCC1CCN(c2c(F)cccc2Cl)C1. The number of hydrogen-bond donors (Lipinski definition) is 1. The molecule has 1 N–H and O–H groups in total. The van der Waals surface area contributed by atoms with E-state index in [1.807, 2.05) is 0 Å². The second-order valence-corrected chi connectivity index (χ2v) is 4.89. The van der Waals surface area contributed by atoms with E-state index in [2.05, 4.69) is 17.1 Å². The summed E-state index contributed by atoms with van der Waals surface area (Å²) in [6.45, 7) is 5.85. The maximum atomic E-state index is 13.7. The van der Waals surface area contributed by atoms with E-state index < -0.39 is 0 Å². The van der Waals surface area contributed by atoms with Gasteiger partial charge in [0, 0.05) is 13.1 Å². The molecule has 0 aliphatic carbocycles. The number of halogens is 2. The minimum Gasteiger partial charge on any atom is -0.368 e. The maximum absolute atomic E-state index is 13.7. The molecule has 1 fully saturated rings. The second-order valence-electron chi connectivity index (χ2n) is 4.48. The van der Waals surface area contributed by atoms with E-state index in [1.165, 1.54) is 6.07 Å². The highest BCUT2D eigenvalue weighted by Crippen LogP contribution is 2.32. The topological polar surface area (TPSA) is 15.3 Å². The summed E-state index contributed by atoms with van der Waals surface area (Å²) in [5.74, 6) is 0.368. The van der Waals surface area contributed by atoms with Gasteiger partial charge in [0.1, 0.15) is 5.82 Å². The fraction of sp³-hybridized carbons (Fsp3) is 0.538. The van der Waals surface area contributed by atoms with Crippen molar-refractivity contribution in [2.24, 2.45) is 5.92 Å². The van der Waals surface area contributed by atoms with Crippen molar-refractivity contribution in [3.05, 3.63) is 29.0 Å². The molecule has 1 aliphatic heterocycles. The summed E-state index contributed by atoms with van der Waals surface area (Å²) in [4.78, 5) is 2.06. The number of nitrogens with one attached hydrogen (secondary N) is 1. The molecule has 0 aromatic heterocycles. The van der Waals surface area contributed by atoms with Crippen LogP contribution in [0.4, 0.5) is 10.1 Å². The van der Waals surface area contributed by atoms with Crippen LogP contribution in [0.1, 0.15) is 13.3 Å². The lowest BCUT2D eigenvalue weighted by molar-refractivity contribution is 0.527. The van der Waals surface area contributed by atoms with Crippen LogP contribution in [0.2, 0.25) is 5.02 Å². The molecule has 1 aromatic carbocycles. The Balaban J connectivity index is 2.05.